The van der Waals surface area contributed by atoms with Crippen LogP contribution in [0.4, 0.5) is 0 Å². The molecule has 1 aromatic rings. The Morgan fingerprint density at radius 3 is 2.33 bits per heavy atom. The van der Waals surface area contributed by atoms with Crippen LogP contribution in [0.15, 0.2) is 15.7 Å². The van der Waals surface area contributed by atoms with Crippen LogP contribution in [0.3, 0.4) is 0 Å². The molecule has 1 rings (SSSR count). The van der Waals surface area contributed by atoms with E-state index in [1.54, 1.807) is 20.8 Å². The van der Waals surface area contributed by atoms with Gasteiger partial charge in [0.05, 0.1) is 0 Å². The maximum absolute atomic E-state index is 11.4. The lowest BCUT2D eigenvalue weighted by molar-refractivity contribution is 1.13. The van der Waals surface area contributed by atoms with Gasteiger partial charge >= 0.3 is 0 Å². The van der Waals surface area contributed by atoms with Gasteiger partial charge in [-0.2, -0.15) is 0 Å². The molecule has 0 amide bonds. The van der Waals surface area contributed by atoms with Crippen molar-refractivity contribution in [1.29, 1.82) is 0 Å². The third-order valence-electron chi connectivity index (χ3n) is 1.92. The smallest absolute Gasteiger partial charge is 0.248 e. The molecule has 1 heterocycles. The van der Waals surface area contributed by atoms with E-state index in [2.05, 4.69) is 4.98 Å². The van der Waals surface area contributed by atoms with Crippen molar-refractivity contribution >= 4 is 0 Å². The first-order valence-corrected chi connectivity index (χ1v) is 3.74. The summed E-state index contributed by atoms with van der Waals surface area (Å²) in [6.45, 7) is 5.07. The van der Waals surface area contributed by atoms with Crippen LogP contribution in [0.5, 0.6) is 0 Å². The fourth-order valence-corrected chi connectivity index (χ4v) is 1.04. The normalized spacial score (nSPS) is 9.92. The van der Waals surface area contributed by atoms with Gasteiger partial charge in [-0.1, -0.05) is 0 Å². The summed E-state index contributed by atoms with van der Waals surface area (Å²) < 4.78 is 0. The van der Waals surface area contributed by atoms with Crippen LogP contribution >= 0.6 is 0 Å². The van der Waals surface area contributed by atoms with E-state index in [9.17, 15) is 9.59 Å². The zero-order chi connectivity index (χ0) is 9.30. The van der Waals surface area contributed by atoms with Gasteiger partial charge in [-0.3, -0.25) is 9.59 Å². The van der Waals surface area contributed by atoms with Crippen molar-refractivity contribution in [3.8, 4) is 0 Å². The molecule has 0 saturated heterocycles. The fraction of sp³-hybridized carbons (Fsp3) is 0.333. The highest BCUT2D eigenvalue weighted by Crippen LogP contribution is 1.93. The predicted molar refractivity (Wildman–Crippen MR) is 47.5 cm³/mol. The van der Waals surface area contributed by atoms with Gasteiger partial charge in [0.25, 0.3) is 0 Å². The summed E-state index contributed by atoms with van der Waals surface area (Å²) in [5.74, 6) is 0. The van der Waals surface area contributed by atoms with E-state index in [0.717, 1.165) is 0 Å². The van der Waals surface area contributed by atoms with Crippen molar-refractivity contribution in [3.63, 3.8) is 0 Å². The SMILES string of the molecule is Cc1[nH]c(=O)cc(C)c(=O)c1C. The van der Waals surface area contributed by atoms with Gasteiger partial charge in [0.2, 0.25) is 5.56 Å². The third-order valence-corrected chi connectivity index (χ3v) is 1.92. The number of nitrogens with one attached hydrogen (secondary N) is 1. The molecule has 0 aromatic carbocycles. The second-order valence-electron chi connectivity index (χ2n) is 2.90. The lowest BCUT2D eigenvalue weighted by Gasteiger charge is -1.88. The molecule has 1 N–H and O–H groups in total. The largest absolute Gasteiger partial charge is 0.326 e. The van der Waals surface area contributed by atoms with E-state index < -0.39 is 0 Å². The number of H-pyrrole nitrogens is 1. The van der Waals surface area contributed by atoms with Crippen LogP contribution in [0.1, 0.15) is 16.8 Å². The molecule has 0 fully saturated rings. The van der Waals surface area contributed by atoms with E-state index in [-0.39, 0.29) is 11.0 Å². The number of hydrogen-bond donors (Lipinski definition) is 1. The molecular weight excluding hydrogens is 154 g/mol. The molecule has 3 heteroatoms. The average molecular weight is 165 g/mol. The summed E-state index contributed by atoms with van der Waals surface area (Å²) in [7, 11) is 0. The van der Waals surface area contributed by atoms with Crippen molar-refractivity contribution in [1.82, 2.24) is 4.98 Å². The first-order valence-electron chi connectivity index (χ1n) is 3.74. The molecule has 12 heavy (non-hydrogen) atoms. The highest BCUT2D eigenvalue weighted by atomic mass is 16.1. The first kappa shape index (κ1) is 8.71. The molecule has 0 aliphatic rings. The maximum Gasteiger partial charge on any atom is 0.248 e. The van der Waals surface area contributed by atoms with Crippen molar-refractivity contribution in [2.24, 2.45) is 0 Å². The van der Waals surface area contributed by atoms with Gasteiger partial charge in [-0.05, 0) is 20.8 Å². The quantitative estimate of drug-likeness (QED) is 0.614. The zero-order valence-electron chi connectivity index (χ0n) is 7.39. The van der Waals surface area contributed by atoms with Gasteiger partial charge in [-0.25, -0.2) is 0 Å². The molecule has 0 aliphatic heterocycles. The summed E-state index contributed by atoms with van der Waals surface area (Å²) in [5.41, 5.74) is 1.44. The molecular formula is C9H11NO2. The topological polar surface area (TPSA) is 49.9 Å². The van der Waals surface area contributed by atoms with Crippen LogP contribution < -0.4 is 11.0 Å². The van der Waals surface area contributed by atoms with Crippen molar-refractivity contribution in [2.75, 3.05) is 0 Å². The second kappa shape index (κ2) is 2.93. The Morgan fingerprint density at radius 1 is 1.17 bits per heavy atom. The van der Waals surface area contributed by atoms with Crippen molar-refractivity contribution in [3.05, 3.63) is 43.5 Å². The van der Waals surface area contributed by atoms with Gasteiger partial charge in [0, 0.05) is 22.9 Å². The minimum absolute atomic E-state index is 0.0640. The Hall–Kier alpha value is -1.38. The molecule has 0 atom stereocenters. The Balaban J connectivity index is 3.81. The number of rotatable bonds is 0. The number of hydrogen-bond acceptors (Lipinski definition) is 2. The second-order valence-corrected chi connectivity index (χ2v) is 2.90. The summed E-state index contributed by atoms with van der Waals surface area (Å²) in [6.07, 6.45) is 0. The maximum atomic E-state index is 11.4. The minimum atomic E-state index is -0.227. The van der Waals surface area contributed by atoms with E-state index in [1.165, 1.54) is 6.07 Å². The van der Waals surface area contributed by atoms with Crippen molar-refractivity contribution < 1.29 is 0 Å². The predicted octanol–water partition coefficient (Wildman–Crippen LogP) is 0.660. The van der Waals surface area contributed by atoms with Crippen LogP contribution in [-0.4, -0.2) is 4.98 Å². The van der Waals surface area contributed by atoms with E-state index >= 15 is 0 Å². The van der Waals surface area contributed by atoms with E-state index in [4.69, 9.17) is 0 Å². The lowest BCUT2D eigenvalue weighted by Crippen LogP contribution is -2.05. The first-order chi connectivity index (χ1) is 5.52. The number of aromatic amines is 1. The molecule has 0 aliphatic carbocycles. The Morgan fingerprint density at radius 2 is 1.75 bits per heavy atom. The van der Waals surface area contributed by atoms with Gasteiger partial charge in [-0.15, -0.1) is 0 Å². The summed E-state index contributed by atoms with van der Waals surface area (Å²) in [5, 5.41) is 0. The van der Waals surface area contributed by atoms with Crippen LogP contribution in [0.25, 0.3) is 0 Å². The number of aryl methyl sites for hydroxylation is 2. The lowest BCUT2D eigenvalue weighted by atomic mass is 10.2. The van der Waals surface area contributed by atoms with Crippen LogP contribution in [0, 0.1) is 20.8 Å². The van der Waals surface area contributed by atoms with E-state index in [1.807, 2.05) is 0 Å². The standard InChI is InChI=1S/C9H11NO2/c1-5-4-8(11)10-7(3)6(2)9(5)12/h4H,1-3H3,(H,10,11). The monoisotopic (exact) mass is 165 g/mol. The molecule has 0 unspecified atom stereocenters. The van der Waals surface area contributed by atoms with Crippen LogP contribution in [0.2, 0.25) is 0 Å². The summed E-state index contributed by atoms with van der Waals surface area (Å²) in [6, 6.07) is 1.32. The van der Waals surface area contributed by atoms with Crippen LogP contribution in [-0.2, 0) is 0 Å². The molecule has 0 radical (unpaired) electrons. The third kappa shape index (κ3) is 1.44. The highest BCUT2D eigenvalue weighted by molar-refractivity contribution is 5.21. The Kier molecular flexibility index (Phi) is 2.13. The molecule has 3 nitrogen and oxygen atoms in total. The fourth-order valence-electron chi connectivity index (χ4n) is 1.04. The van der Waals surface area contributed by atoms with Gasteiger partial charge < -0.3 is 4.98 Å². The Labute approximate surface area is 70.1 Å². The molecule has 0 saturated carbocycles. The Bertz CT molecular complexity index is 418. The minimum Gasteiger partial charge on any atom is -0.326 e. The molecule has 64 valence electrons. The molecule has 1 aromatic heterocycles. The summed E-state index contributed by atoms with van der Waals surface area (Å²) >= 11 is 0. The average Bonchev–Trinajstić information content (AvgIpc) is 2.05. The number of aromatic nitrogens is 1. The highest BCUT2D eigenvalue weighted by Gasteiger charge is 1.99. The van der Waals surface area contributed by atoms with Gasteiger partial charge in [0.15, 0.2) is 5.43 Å². The summed E-state index contributed by atoms with van der Waals surface area (Å²) in [4.78, 5) is 25.0. The molecule has 0 bridgehead atoms. The van der Waals surface area contributed by atoms with Crippen molar-refractivity contribution in [2.45, 2.75) is 20.8 Å². The van der Waals surface area contributed by atoms with Gasteiger partial charge in [0.1, 0.15) is 0 Å². The zero-order valence-corrected chi connectivity index (χ0v) is 7.39. The van der Waals surface area contributed by atoms with E-state index in [0.29, 0.717) is 16.8 Å². The molecule has 0 spiro atoms.